The molecule has 3 aromatic rings. The van der Waals surface area contributed by atoms with Crippen molar-refractivity contribution in [3.63, 3.8) is 0 Å². The predicted octanol–water partition coefficient (Wildman–Crippen LogP) is 4.39. The van der Waals surface area contributed by atoms with E-state index in [4.69, 9.17) is 0 Å². The number of benzene rings is 3. The third-order valence-corrected chi connectivity index (χ3v) is 8.12. The van der Waals surface area contributed by atoms with E-state index in [1.54, 1.807) is 17.0 Å². The van der Waals surface area contributed by atoms with Crippen LogP contribution in [0.4, 0.5) is 10.1 Å². The zero-order chi connectivity index (χ0) is 26.6. The molecule has 3 heterocycles. The number of rotatable bonds is 6. The Morgan fingerprint density at radius 3 is 2.16 bits per heavy atom. The maximum atomic E-state index is 14.5. The minimum absolute atomic E-state index is 0.186. The van der Waals surface area contributed by atoms with Crippen molar-refractivity contribution in [2.45, 2.75) is 44.9 Å². The summed E-state index contributed by atoms with van der Waals surface area (Å²) in [5.41, 5.74) is 1.74. The lowest BCUT2D eigenvalue weighted by molar-refractivity contribution is -0.143. The Morgan fingerprint density at radius 1 is 0.816 bits per heavy atom. The van der Waals surface area contributed by atoms with Crippen molar-refractivity contribution >= 4 is 23.4 Å². The number of likely N-dealkylation sites (tertiary alicyclic amines) is 1. The second kappa shape index (κ2) is 9.17. The summed E-state index contributed by atoms with van der Waals surface area (Å²) in [5.74, 6) is -2.33. The SMILES string of the molecule is CC(C)C[C@@H]1N[C@]2(C(=O)N(Cc3ccc(F)cc3)c3ccccc32)[C@@H]2C(=O)N(Cc3ccccc3)C(=O)[C@H]12. The molecule has 3 aromatic carbocycles. The molecule has 0 bridgehead atoms. The second-order valence-corrected chi connectivity index (χ2v) is 11.0. The molecule has 7 heteroatoms. The molecule has 0 aliphatic carbocycles. The van der Waals surface area contributed by atoms with Crippen LogP contribution in [0.2, 0.25) is 0 Å². The van der Waals surface area contributed by atoms with Crippen LogP contribution in [-0.2, 0) is 33.0 Å². The van der Waals surface area contributed by atoms with Crippen LogP contribution in [0.3, 0.4) is 0 Å². The summed E-state index contributed by atoms with van der Waals surface area (Å²) in [7, 11) is 0. The van der Waals surface area contributed by atoms with Gasteiger partial charge in [-0.3, -0.25) is 24.6 Å². The lowest BCUT2D eigenvalue weighted by Crippen LogP contribution is -2.55. The summed E-state index contributed by atoms with van der Waals surface area (Å²) in [6.07, 6.45) is 0.661. The van der Waals surface area contributed by atoms with Crippen LogP contribution in [0.5, 0.6) is 0 Å². The Bertz CT molecular complexity index is 1410. The molecule has 0 aromatic heterocycles. The van der Waals surface area contributed by atoms with Gasteiger partial charge in [0.25, 0.3) is 5.91 Å². The number of fused-ring (bicyclic) bond motifs is 4. The first-order chi connectivity index (χ1) is 18.3. The number of imide groups is 1. The van der Waals surface area contributed by atoms with Crippen molar-refractivity contribution in [3.8, 4) is 0 Å². The van der Waals surface area contributed by atoms with Gasteiger partial charge in [0.1, 0.15) is 11.4 Å². The Labute approximate surface area is 221 Å². The zero-order valence-electron chi connectivity index (χ0n) is 21.4. The fourth-order valence-electron chi connectivity index (χ4n) is 6.57. The molecule has 6 rings (SSSR count). The van der Waals surface area contributed by atoms with Crippen molar-refractivity contribution in [2.24, 2.45) is 17.8 Å². The van der Waals surface area contributed by atoms with Gasteiger partial charge in [-0.15, -0.1) is 0 Å². The van der Waals surface area contributed by atoms with Crippen molar-refractivity contribution in [1.29, 1.82) is 0 Å². The third kappa shape index (κ3) is 3.68. The molecular formula is C31H30FN3O3. The lowest BCUT2D eigenvalue weighted by atomic mass is 9.76. The first-order valence-electron chi connectivity index (χ1n) is 13.1. The molecule has 0 saturated carbocycles. The first-order valence-corrected chi connectivity index (χ1v) is 13.1. The van der Waals surface area contributed by atoms with Gasteiger partial charge in [-0.1, -0.05) is 74.5 Å². The number of halogens is 1. The fourth-order valence-corrected chi connectivity index (χ4v) is 6.57. The van der Waals surface area contributed by atoms with Crippen LogP contribution in [0.1, 0.15) is 37.0 Å². The molecule has 3 aliphatic heterocycles. The molecule has 3 amide bonds. The smallest absolute Gasteiger partial charge is 0.253 e. The molecule has 0 unspecified atom stereocenters. The lowest BCUT2D eigenvalue weighted by Gasteiger charge is -2.31. The van der Waals surface area contributed by atoms with Crippen molar-refractivity contribution in [2.75, 3.05) is 4.90 Å². The van der Waals surface area contributed by atoms with Gasteiger partial charge >= 0.3 is 0 Å². The van der Waals surface area contributed by atoms with Crippen molar-refractivity contribution in [1.82, 2.24) is 10.2 Å². The van der Waals surface area contributed by atoms with Crippen LogP contribution in [0.25, 0.3) is 0 Å². The number of anilines is 1. The van der Waals surface area contributed by atoms with E-state index in [2.05, 4.69) is 19.2 Å². The van der Waals surface area contributed by atoms with E-state index in [0.29, 0.717) is 12.1 Å². The van der Waals surface area contributed by atoms with Gasteiger partial charge < -0.3 is 4.90 Å². The van der Waals surface area contributed by atoms with Gasteiger partial charge in [-0.25, -0.2) is 4.39 Å². The minimum Gasteiger partial charge on any atom is -0.306 e. The summed E-state index contributed by atoms with van der Waals surface area (Å²) >= 11 is 0. The zero-order valence-corrected chi connectivity index (χ0v) is 21.4. The molecule has 0 radical (unpaired) electrons. The normalized spacial score (nSPS) is 26.1. The van der Waals surface area contributed by atoms with Crippen LogP contribution in [-0.4, -0.2) is 28.7 Å². The van der Waals surface area contributed by atoms with E-state index in [0.717, 1.165) is 16.7 Å². The monoisotopic (exact) mass is 511 g/mol. The second-order valence-electron chi connectivity index (χ2n) is 11.0. The topological polar surface area (TPSA) is 69.7 Å². The third-order valence-electron chi connectivity index (χ3n) is 8.12. The number of carbonyl (C=O) groups is 3. The summed E-state index contributed by atoms with van der Waals surface area (Å²) in [6.45, 7) is 4.58. The first kappa shape index (κ1) is 24.5. The standard InChI is InChI=1S/C31H30FN3O3/c1-19(2)16-24-26-27(29(37)35(28(26)36)18-20-8-4-3-5-9-20)31(33-24)23-10-6-7-11-25(23)34(30(31)38)17-21-12-14-22(32)15-13-21/h3-15,19,24,26-27,33H,16-18H2,1-2H3/t24-,26+,27-,31-/m0/s1. The number of nitrogens with one attached hydrogen (secondary N) is 1. The molecule has 3 aliphatic rings. The summed E-state index contributed by atoms with van der Waals surface area (Å²) in [6, 6.07) is 22.7. The highest BCUT2D eigenvalue weighted by atomic mass is 19.1. The largest absolute Gasteiger partial charge is 0.306 e. The number of hydrogen-bond acceptors (Lipinski definition) is 4. The summed E-state index contributed by atoms with van der Waals surface area (Å²) in [4.78, 5) is 45.4. The van der Waals surface area contributed by atoms with E-state index in [9.17, 15) is 18.8 Å². The van der Waals surface area contributed by atoms with Gasteiger partial charge in [0.05, 0.1) is 24.9 Å². The Kier molecular flexibility index (Phi) is 5.91. The molecule has 1 spiro atoms. The Balaban J connectivity index is 1.44. The van der Waals surface area contributed by atoms with E-state index >= 15 is 0 Å². The highest BCUT2D eigenvalue weighted by molar-refractivity contribution is 6.16. The quantitative estimate of drug-likeness (QED) is 0.499. The average molecular weight is 512 g/mol. The van der Waals surface area contributed by atoms with Gasteiger partial charge in [0.2, 0.25) is 11.8 Å². The van der Waals surface area contributed by atoms with Crippen molar-refractivity contribution < 1.29 is 18.8 Å². The van der Waals surface area contributed by atoms with Crippen LogP contribution >= 0.6 is 0 Å². The van der Waals surface area contributed by atoms with E-state index < -0.39 is 17.4 Å². The Morgan fingerprint density at radius 2 is 1.45 bits per heavy atom. The fraction of sp³-hybridized carbons (Fsp3) is 0.323. The van der Waals surface area contributed by atoms with Crippen LogP contribution < -0.4 is 10.2 Å². The number of amides is 3. The maximum Gasteiger partial charge on any atom is 0.253 e. The average Bonchev–Trinajstić information content (AvgIpc) is 3.45. The van der Waals surface area contributed by atoms with Gasteiger partial charge in [0, 0.05) is 17.3 Å². The molecule has 4 atom stereocenters. The summed E-state index contributed by atoms with van der Waals surface area (Å²) in [5, 5.41) is 3.56. The van der Waals surface area contributed by atoms with Crippen LogP contribution in [0.15, 0.2) is 78.9 Å². The van der Waals surface area contributed by atoms with E-state index in [1.165, 1.54) is 17.0 Å². The maximum absolute atomic E-state index is 14.5. The van der Waals surface area contributed by atoms with E-state index in [-0.39, 0.29) is 48.6 Å². The molecule has 38 heavy (non-hydrogen) atoms. The van der Waals surface area contributed by atoms with Gasteiger partial charge in [-0.2, -0.15) is 0 Å². The number of carbonyl (C=O) groups excluding carboxylic acids is 3. The highest BCUT2D eigenvalue weighted by Gasteiger charge is 2.71. The molecule has 2 saturated heterocycles. The van der Waals surface area contributed by atoms with Crippen LogP contribution in [0, 0.1) is 23.6 Å². The van der Waals surface area contributed by atoms with E-state index in [1.807, 2.05) is 54.6 Å². The summed E-state index contributed by atoms with van der Waals surface area (Å²) < 4.78 is 13.6. The molecule has 6 nitrogen and oxygen atoms in total. The molecule has 194 valence electrons. The van der Waals surface area contributed by atoms with Crippen molar-refractivity contribution in [3.05, 3.63) is 101 Å². The molecule has 1 N–H and O–H groups in total. The highest BCUT2D eigenvalue weighted by Crippen LogP contribution is 2.55. The molecular weight excluding hydrogens is 481 g/mol. The molecule has 2 fully saturated rings. The Hall–Kier alpha value is -3.84. The number of para-hydroxylation sites is 1. The van der Waals surface area contributed by atoms with Gasteiger partial charge in [-0.05, 0) is 41.7 Å². The number of hydrogen-bond donors (Lipinski definition) is 1. The predicted molar refractivity (Wildman–Crippen MR) is 141 cm³/mol. The number of nitrogens with zero attached hydrogens (tertiary/aromatic N) is 2. The van der Waals surface area contributed by atoms with Gasteiger partial charge in [0.15, 0.2) is 0 Å². The minimum atomic E-state index is -1.33.